The van der Waals surface area contributed by atoms with E-state index in [0.29, 0.717) is 25.9 Å². The van der Waals surface area contributed by atoms with Crippen molar-refractivity contribution in [3.63, 3.8) is 0 Å². The number of hydrogen-bond donors (Lipinski definition) is 3. The minimum Gasteiger partial charge on any atom is -0.466 e. The van der Waals surface area contributed by atoms with Crippen LogP contribution in [0.4, 0.5) is 0 Å². The molecule has 0 heterocycles. The number of allylic oxidation sites excluding steroid dienone is 4. The Labute approximate surface area is 481 Å². The standard InChI is InChI=1S/C71H137NO5/c1-3-5-7-9-11-13-15-16-17-35-39-42-45-49-53-57-61-65-71(76)77-66-62-58-54-50-46-43-40-37-34-32-30-28-26-24-22-20-18-19-21-23-25-27-29-31-33-36-38-41-44-48-52-56-60-64-70(75)72-68(67-73)69(74)63-59-55-51-47-14-12-10-8-6-4-2/h11,13,16-17,68-69,73-74H,3-10,12,14-15,18-67H2,1-2H3,(H,72,75)/b13-11-,17-16-. The lowest BCUT2D eigenvalue weighted by Crippen LogP contribution is -2.45. The normalized spacial score (nSPS) is 12.6. The highest BCUT2D eigenvalue weighted by molar-refractivity contribution is 5.76. The first kappa shape index (κ1) is 75.3. The van der Waals surface area contributed by atoms with Crippen molar-refractivity contribution < 1.29 is 24.5 Å². The Balaban J connectivity index is 3.28. The molecule has 0 saturated heterocycles. The predicted octanol–water partition coefficient (Wildman–Crippen LogP) is 22.5. The summed E-state index contributed by atoms with van der Waals surface area (Å²) in [5.74, 6) is -0.0156. The van der Waals surface area contributed by atoms with Gasteiger partial charge in [-0.15, -0.1) is 0 Å². The molecule has 3 N–H and O–H groups in total. The first-order valence-corrected chi connectivity index (χ1v) is 35.1. The maximum Gasteiger partial charge on any atom is 0.305 e. The highest BCUT2D eigenvalue weighted by Crippen LogP contribution is 2.19. The zero-order valence-electron chi connectivity index (χ0n) is 52.2. The van der Waals surface area contributed by atoms with Crippen LogP contribution in [0, 0.1) is 0 Å². The minimum atomic E-state index is -0.658. The molecule has 0 fully saturated rings. The van der Waals surface area contributed by atoms with E-state index in [2.05, 4.69) is 43.5 Å². The number of carbonyl (C=O) groups excluding carboxylic acids is 2. The van der Waals surface area contributed by atoms with Gasteiger partial charge < -0.3 is 20.3 Å². The second-order valence-electron chi connectivity index (χ2n) is 24.2. The van der Waals surface area contributed by atoms with Gasteiger partial charge in [-0.3, -0.25) is 9.59 Å². The summed E-state index contributed by atoms with van der Waals surface area (Å²) in [6.07, 6.45) is 83.9. The Bertz CT molecular complexity index is 1200. The van der Waals surface area contributed by atoms with Gasteiger partial charge in [-0.1, -0.05) is 346 Å². The third-order valence-corrected chi connectivity index (χ3v) is 16.5. The summed E-state index contributed by atoms with van der Waals surface area (Å²) >= 11 is 0. The van der Waals surface area contributed by atoms with Gasteiger partial charge in [0.1, 0.15) is 0 Å². The number of ether oxygens (including phenoxy) is 1. The van der Waals surface area contributed by atoms with E-state index in [0.717, 1.165) is 51.4 Å². The Morgan fingerprint density at radius 3 is 1.01 bits per heavy atom. The quantitative estimate of drug-likeness (QED) is 0.0320. The van der Waals surface area contributed by atoms with Gasteiger partial charge in [-0.25, -0.2) is 0 Å². The van der Waals surface area contributed by atoms with Crippen LogP contribution in [0.2, 0.25) is 0 Å². The Hall–Kier alpha value is -1.66. The largest absolute Gasteiger partial charge is 0.466 e. The average molecular weight is 1080 g/mol. The fourth-order valence-electron chi connectivity index (χ4n) is 11.1. The van der Waals surface area contributed by atoms with Crippen molar-refractivity contribution >= 4 is 11.9 Å². The Kier molecular flexibility index (Phi) is 65.4. The van der Waals surface area contributed by atoms with E-state index < -0.39 is 12.1 Å². The van der Waals surface area contributed by atoms with Crippen molar-refractivity contribution in [1.82, 2.24) is 5.32 Å². The monoisotopic (exact) mass is 1080 g/mol. The average Bonchev–Trinajstić information content (AvgIpc) is 3.43. The molecule has 2 atom stereocenters. The number of esters is 1. The van der Waals surface area contributed by atoms with Crippen LogP contribution >= 0.6 is 0 Å². The van der Waals surface area contributed by atoms with E-state index in [4.69, 9.17) is 4.74 Å². The smallest absolute Gasteiger partial charge is 0.305 e. The van der Waals surface area contributed by atoms with E-state index in [-0.39, 0.29) is 18.5 Å². The first-order chi connectivity index (χ1) is 38.0. The van der Waals surface area contributed by atoms with Gasteiger partial charge in [0.2, 0.25) is 5.91 Å². The molecule has 0 aromatic rings. The Morgan fingerprint density at radius 1 is 0.364 bits per heavy atom. The lowest BCUT2D eigenvalue weighted by molar-refractivity contribution is -0.143. The van der Waals surface area contributed by atoms with Gasteiger partial charge in [0.15, 0.2) is 0 Å². The number of rotatable bonds is 66. The zero-order chi connectivity index (χ0) is 55.7. The molecule has 6 heteroatoms. The first-order valence-electron chi connectivity index (χ1n) is 35.1. The van der Waals surface area contributed by atoms with Crippen LogP contribution < -0.4 is 5.32 Å². The molecule has 0 aromatic heterocycles. The number of aliphatic hydroxyl groups is 2. The molecule has 1 amide bonds. The summed E-state index contributed by atoms with van der Waals surface area (Å²) in [6.45, 7) is 4.94. The molecule has 0 spiro atoms. The number of carbonyl (C=O) groups is 2. The van der Waals surface area contributed by atoms with Crippen molar-refractivity contribution in [3.05, 3.63) is 24.3 Å². The number of aliphatic hydroxyl groups excluding tert-OH is 2. The lowest BCUT2D eigenvalue weighted by atomic mass is 10.0. The molecule has 0 aliphatic rings. The second-order valence-corrected chi connectivity index (χ2v) is 24.2. The van der Waals surface area contributed by atoms with Gasteiger partial charge >= 0.3 is 5.97 Å². The molecule has 2 unspecified atom stereocenters. The molecule has 0 rings (SSSR count). The Morgan fingerprint density at radius 2 is 0.649 bits per heavy atom. The molecule has 77 heavy (non-hydrogen) atoms. The van der Waals surface area contributed by atoms with Crippen LogP contribution in [-0.2, 0) is 14.3 Å². The second kappa shape index (κ2) is 66.8. The maximum atomic E-state index is 12.4. The van der Waals surface area contributed by atoms with E-state index in [1.807, 2.05) is 0 Å². The summed E-state index contributed by atoms with van der Waals surface area (Å²) < 4.78 is 5.50. The molecule has 0 aliphatic heterocycles. The highest BCUT2D eigenvalue weighted by Gasteiger charge is 2.20. The maximum absolute atomic E-state index is 12.4. The highest BCUT2D eigenvalue weighted by atomic mass is 16.5. The van der Waals surface area contributed by atoms with Crippen LogP contribution in [0.15, 0.2) is 24.3 Å². The molecule has 0 bridgehead atoms. The third kappa shape index (κ3) is 63.4. The van der Waals surface area contributed by atoms with Gasteiger partial charge in [-0.2, -0.15) is 0 Å². The number of nitrogens with one attached hydrogen (secondary N) is 1. The fourth-order valence-corrected chi connectivity index (χ4v) is 11.1. The fraction of sp³-hybridized carbons (Fsp3) is 0.915. The van der Waals surface area contributed by atoms with Crippen LogP contribution in [0.1, 0.15) is 393 Å². The molecule has 0 radical (unpaired) electrons. The van der Waals surface area contributed by atoms with E-state index in [9.17, 15) is 19.8 Å². The van der Waals surface area contributed by atoms with E-state index >= 15 is 0 Å². The zero-order valence-corrected chi connectivity index (χ0v) is 52.2. The molecule has 0 aromatic carbocycles. The molecule has 456 valence electrons. The van der Waals surface area contributed by atoms with E-state index in [1.165, 1.54) is 308 Å². The molecular weight excluding hydrogens is 947 g/mol. The molecule has 0 aliphatic carbocycles. The third-order valence-electron chi connectivity index (χ3n) is 16.5. The lowest BCUT2D eigenvalue weighted by Gasteiger charge is -2.22. The van der Waals surface area contributed by atoms with Crippen molar-refractivity contribution in [2.75, 3.05) is 13.2 Å². The van der Waals surface area contributed by atoms with Crippen molar-refractivity contribution in [1.29, 1.82) is 0 Å². The molecule has 6 nitrogen and oxygen atoms in total. The number of hydrogen-bond acceptors (Lipinski definition) is 5. The van der Waals surface area contributed by atoms with Crippen LogP contribution in [0.5, 0.6) is 0 Å². The van der Waals surface area contributed by atoms with Gasteiger partial charge in [0, 0.05) is 12.8 Å². The molecular formula is C71H137NO5. The van der Waals surface area contributed by atoms with Crippen molar-refractivity contribution in [3.8, 4) is 0 Å². The van der Waals surface area contributed by atoms with Crippen LogP contribution in [0.3, 0.4) is 0 Å². The SMILES string of the molecule is CCCCC/C=C\C/C=C\CCCCCCCCCC(=O)OCCCCCCCCCCCCCCCCCCCCCCCCCCCCCCCCCCCC(=O)NC(CO)C(O)CCCCCCCCCCCC. The van der Waals surface area contributed by atoms with Crippen molar-refractivity contribution in [2.45, 2.75) is 405 Å². The van der Waals surface area contributed by atoms with Gasteiger partial charge in [-0.05, 0) is 57.8 Å². The predicted molar refractivity (Wildman–Crippen MR) is 338 cm³/mol. The summed E-state index contributed by atoms with van der Waals surface area (Å²) in [6, 6.07) is -0.535. The summed E-state index contributed by atoms with van der Waals surface area (Å²) in [5.41, 5.74) is 0. The van der Waals surface area contributed by atoms with Gasteiger partial charge in [0.25, 0.3) is 0 Å². The van der Waals surface area contributed by atoms with Crippen LogP contribution in [0.25, 0.3) is 0 Å². The number of amides is 1. The van der Waals surface area contributed by atoms with Crippen molar-refractivity contribution in [2.24, 2.45) is 0 Å². The number of unbranched alkanes of at least 4 members (excludes halogenated alkanes) is 51. The van der Waals surface area contributed by atoms with Gasteiger partial charge in [0.05, 0.1) is 25.4 Å². The van der Waals surface area contributed by atoms with Crippen LogP contribution in [-0.4, -0.2) is 47.4 Å². The topological polar surface area (TPSA) is 95.9 Å². The molecule has 0 saturated carbocycles. The summed E-state index contributed by atoms with van der Waals surface area (Å²) in [5, 5.41) is 23.2. The minimum absolute atomic E-state index is 0.0144. The summed E-state index contributed by atoms with van der Waals surface area (Å²) in [7, 11) is 0. The van der Waals surface area contributed by atoms with E-state index in [1.54, 1.807) is 0 Å². The summed E-state index contributed by atoms with van der Waals surface area (Å²) in [4.78, 5) is 24.5.